The van der Waals surface area contributed by atoms with Crippen molar-refractivity contribution in [3.05, 3.63) is 28.2 Å². The van der Waals surface area contributed by atoms with Crippen molar-refractivity contribution >= 4 is 33.2 Å². The molecule has 0 atom stereocenters. The van der Waals surface area contributed by atoms with Crippen LogP contribution < -0.4 is 5.32 Å². The molecule has 0 saturated carbocycles. The van der Waals surface area contributed by atoms with Gasteiger partial charge in [0.25, 0.3) is 0 Å². The summed E-state index contributed by atoms with van der Waals surface area (Å²) >= 11 is 11.8. The number of sulfonamides is 1. The van der Waals surface area contributed by atoms with Crippen LogP contribution in [0.15, 0.2) is 23.1 Å². The number of piperidine rings is 1. The van der Waals surface area contributed by atoms with Crippen LogP contribution in [-0.2, 0) is 10.0 Å². The Morgan fingerprint density at radius 2 is 1.76 bits per heavy atom. The summed E-state index contributed by atoms with van der Waals surface area (Å²) in [6.07, 6.45) is 2.89. The van der Waals surface area contributed by atoms with E-state index < -0.39 is 10.0 Å². The molecule has 1 heterocycles. The van der Waals surface area contributed by atoms with E-state index >= 15 is 0 Å². The molecule has 21 heavy (non-hydrogen) atoms. The van der Waals surface area contributed by atoms with Crippen LogP contribution in [0.2, 0.25) is 10.0 Å². The predicted octanol–water partition coefficient (Wildman–Crippen LogP) is 3.00. The summed E-state index contributed by atoms with van der Waals surface area (Å²) in [6.45, 7) is 2.09. The van der Waals surface area contributed by atoms with Crippen LogP contribution in [-0.4, -0.2) is 39.4 Å². The Kier molecular flexibility index (Phi) is 5.91. The molecular formula is C14H20Cl2N2O2S. The maximum atomic E-state index is 12.6. The second kappa shape index (κ2) is 7.29. The number of nitrogens with one attached hydrogen (secondary N) is 1. The van der Waals surface area contributed by atoms with E-state index in [1.165, 1.54) is 22.5 Å². The van der Waals surface area contributed by atoms with Crippen LogP contribution in [0.25, 0.3) is 0 Å². The van der Waals surface area contributed by atoms with E-state index in [0.717, 1.165) is 25.8 Å². The smallest absolute Gasteiger partial charge is 0.243 e. The fourth-order valence-electron chi connectivity index (χ4n) is 2.61. The fraction of sp³-hybridized carbons (Fsp3) is 0.571. The van der Waals surface area contributed by atoms with E-state index in [0.29, 0.717) is 29.1 Å². The molecule has 0 aromatic heterocycles. The topological polar surface area (TPSA) is 49.4 Å². The van der Waals surface area contributed by atoms with Gasteiger partial charge in [0, 0.05) is 23.1 Å². The quantitative estimate of drug-likeness (QED) is 0.887. The molecule has 0 radical (unpaired) electrons. The van der Waals surface area contributed by atoms with Crippen LogP contribution in [0.4, 0.5) is 0 Å². The molecule has 1 aromatic carbocycles. The minimum Gasteiger partial charge on any atom is -0.320 e. The lowest BCUT2D eigenvalue weighted by Gasteiger charge is -2.31. The van der Waals surface area contributed by atoms with Crippen molar-refractivity contribution in [2.45, 2.75) is 24.2 Å². The molecule has 1 aromatic rings. The highest BCUT2D eigenvalue weighted by Crippen LogP contribution is 2.28. The minimum absolute atomic E-state index is 0.175. The molecular weight excluding hydrogens is 331 g/mol. The van der Waals surface area contributed by atoms with Gasteiger partial charge < -0.3 is 5.32 Å². The molecule has 118 valence electrons. The first-order valence-electron chi connectivity index (χ1n) is 7.04. The Balaban J connectivity index is 2.07. The van der Waals surface area contributed by atoms with Gasteiger partial charge in [0.2, 0.25) is 10.0 Å². The second-order valence-corrected chi connectivity index (χ2v) is 8.16. The Morgan fingerprint density at radius 3 is 2.29 bits per heavy atom. The van der Waals surface area contributed by atoms with Gasteiger partial charge in [0.05, 0.1) is 4.90 Å². The highest BCUT2D eigenvalue weighted by atomic mass is 35.5. The van der Waals surface area contributed by atoms with Crippen LogP contribution in [0.5, 0.6) is 0 Å². The summed E-state index contributed by atoms with van der Waals surface area (Å²) < 4.78 is 26.7. The van der Waals surface area contributed by atoms with Gasteiger partial charge in [-0.05, 0) is 57.0 Å². The maximum absolute atomic E-state index is 12.6. The van der Waals surface area contributed by atoms with Crippen LogP contribution in [0, 0.1) is 5.92 Å². The number of benzene rings is 1. The SMILES string of the molecule is CNCCC1CCN(S(=O)(=O)c2cc(Cl)cc(Cl)c2)CC1. The first kappa shape index (κ1) is 17.0. The first-order valence-corrected chi connectivity index (χ1v) is 9.24. The lowest BCUT2D eigenvalue weighted by Crippen LogP contribution is -2.38. The summed E-state index contributed by atoms with van der Waals surface area (Å²) in [5.74, 6) is 0.590. The van der Waals surface area contributed by atoms with Crippen molar-refractivity contribution in [1.82, 2.24) is 9.62 Å². The van der Waals surface area contributed by atoms with Crippen molar-refractivity contribution < 1.29 is 8.42 Å². The Labute approximate surface area is 136 Å². The van der Waals surface area contributed by atoms with E-state index in [4.69, 9.17) is 23.2 Å². The molecule has 0 bridgehead atoms. The van der Waals surface area contributed by atoms with E-state index in [1.807, 2.05) is 7.05 Å². The molecule has 0 aliphatic carbocycles. The molecule has 2 rings (SSSR count). The normalized spacial score (nSPS) is 18.0. The molecule has 1 N–H and O–H groups in total. The third-order valence-electron chi connectivity index (χ3n) is 3.85. The lowest BCUT2D eigenvalue weighted by atomic mass is 9.95. The van der Waals surface area contributed by atoms with Gasteiger partial charge in [-0.2, -0.15) is 4.31 Å². The molecule has 1 aliphatic heterocycles. The summed E-state index contributed by atoms with van der Waals surface area (Å²) in [6, 6.07) is 4.44. The monoisotopic (exact) mass is 350 g/mol. The van der Waals surface area contributed by atoms with Gasteiger partial charge in [-0.15, -0.1) is 0 Å². The summed E-state index contributed by atoms with van der Waals surface area (Å²) in [7, 11) is -1.57. The van der Waals surface area contributed by atoms with Crippen molar-refractivity contribution in [2.75, 3.05) is 26.7 Å². The zero-order chi connectivity index (χ0) is 15.5. The van der Waals surface area contributed by atoms with Gasteiger partial charge in [0.1, 0.15) is 0 Å². The van der Waals surface area contributed by atoms with Gasteiger partial charge in [-0.1, -0.05) is 23.2 Å². The van der Waals surface area contributed by atoms with E-state index in [1.54, 1.807) is 0 Å². The molecule has 1 aliphatic rings. The highest BCUT2D eigenvalue weighted by molar-refractivity contribution is 7.89. The van der Waals surface area contributed by atoms with Gasteiger partial charge >= 0.3 is 0 Å². The fourth-order valence-corrected chi connectivity index (χ4v) is 4.81. The van der Waals surface area contributed by atoms with E-state index in [9.17, 15) is 8.42 Å². The van der Waals surface area contributed by atoms with Gasteiger partial charge in [-0.3, -0.25) is 0 Å². The molecule has 7 heteroatoms. The average molecular weight is 351 g/mol. The zero-order valence-electron chi connectivity index (χ0n) is 12.0. The zero-order valence-corrected chi connectivity index (χ0v) is 14.3. The maximum Gasteiger partial charge on any atom is 0.243 e. The van der Waals surface area contributed by atoms with Crippen molar-refractivity contribution in [3.8, 4) is 0 Å². The third kappa shape index (κ3) is 4.33. The van der Waals surface area contributed by atoms with Crippen molar-refractivity contribution in [1.29, 1.82) is 0 Å². The third-order valence-corrected chi connectivity index (χ3v) is 6.16. The van der Waals surface area contributed by atoms with Crippen molar-refractivity contribution in [3.63, 3.8) is 0 Å². The lowest BCUT2D eigenvalue weighted by molar-refractivity contribution is 0.263. The molecule has 0 amide bonds. The summed E-state index contributed by atoms with van der Waals surface area (Å²) in [5.41, 5.74) is 0. The van der Waals surface area contributed by atoms with Crippen molar-refractivity contribution in [2.24, 2.45) is 5.92 Å². The Hall–Kier alpha value is -0.330. The number of nitrogens with zero attached hydrogens (tertiary/aromatic N) is 1. The number of halogens is 2. The average Bonchev–Trinajstić information content (AvgIpc) is 2.44. The number of rotatable bonds is 5. The number of hydrogen-bond acceptors (Lipinski definition) is 3. The molecule has 0 unspecified atom stereocenters. The molecule has 1 fully saturated rings. The minimum atomic E-state index is -3.50. The van der Waals surface area contributed by atoms with E-state index in [-0.39, 0.29) is 4.90 Å². The first-order chi connectivity index (χ1) is 9.93. The Bertz CT molecular complexity index is 564. The van der Waals surface area contributed by atoms with Crippen LogP contribution in [0.1, 0.15) is 19.3 Å². The summed E-state index contributed by atoms with van der Waals surface area (Å²) in [5, 5.41) is 3.81. The van der Waals surface area contributed by atoms with Gasteiger partial charge in [0.15, 0.2) is 0 Å². The highest BCUT2D eigenvalue weighted by Gasteiger charge is 2.29. The largest absolute Gasteiger partial charge is 0.320 e. The second-order valence-electron chi connectivity index (χ2n) is 5.34. The van der Waals surface area contributed by atoms with E-state index in [2.05, 4.69) is 5.32 Å². The van der Waals surface area contributed by atoms with Crippen LogP contribution in [0.3, 0.4) is 0 Å². The molecule has 1 saturated heterocycles. The Morgan fingerprint density at radius 1 is 1.19 bits per heavy atom. The molecule has 4 nitrogen and oxygen atoms in total. The summed E-state index contributed by atoms with van der Waals surface area (Å²) in [4.78, 5) is 0.175. The van der Waals surface area contributed by atoms with Gasteiger partial charge in [-0.25, -0.2) is 8.42 Å². The molecule has 0 spiro atoms. The van der Waals surface area contributed by atoms with Crippen LogP contribution >= 0.6 is 23.2 Å². The number of hydrogen-bond donors (Lipinski definition) is 1. The predicted molar refractivity (Wildman–Crippen MR) is 86.5 cm³/mol. The standard InChI is InChI=1S/C14H20Cl2N2O2S/c1-17-5-2-11-3-6-18(7-4-11)21(19,20)14-9-12(15)8-13(16)10-14/h8-11,17H,2-7H2,1H3.